The lowest BCUT2D eigenvalue weighted by Crippen LogP contribution is -2.30. The van der Waals surface area contributed by atoms with Gasteiger partial charge in [0.25, 0.3) is 5.91 Å². The molecule has 168 valence electrons. The number of hydrogen-bond acceptors (Lipinski definition) is 6. The van der Waals surface area contributed by atoms with Crippen molar-refractivity contribution in [2.45, 2.75) is 39.0 Å². The van der Waals surface area contributed by atoms with E-state index in [9.17, 15) is 22.8 Å². The molecule has 1 aromatic heterocycles. The maximum absolute atomic E-state index is 13.0. The Labute approximate surface area is 181 Å². The Bertz CT molecular complexity index is 1090. The van der Waals surface area contributed by atoms with Crippen LogP contribution in [0.1, 0.15) is 30.4 Å². The number of para-hydroxylation sites is 1. The number of nitrogens with zero attached hydrogens (tertiary/aromatic N) is 2. The molecule has 0 aliphatic heterocycles. The van der Waals surface area contributed by atoms with Crippen LogP contribution < -0.4 is 5.32 Å². The fourth-order valence-corrected chi connectivity index (χ4v) is 2.76. The summed E-state index contributed by atoms with van der Waals surface area (Å²) in [5, 5.41) is 9.96. The first-order valence-corrected chi connectivity index (χ1v) is 9.69. The van der Waals surface area contributed by atoms with E-state index in [1.807, 2.05) is 31.2 Å². The third kappa shape index (κ3) is 5.93. The Hall–Kier alpha value is -3.69. The fraction of sp³-hybridized carbons (Fsp3) is 0.273. The molecule has 0 aliphatic carbocycles. The highest BCUT2D eigenvalue weighted by molar-refractivity contribution is 5.95. The number of aryl methyl sites for hydroxylation is 2. The zero-order valence-electron chi connectivity index (χ0n) is 17.3. The van der Waals surface area contributed by atoms with E-state index in [1.54, 1.807) is 0 Å². The SMILES string of the molecule is Cc1ccc(-c2nnc(CCC(=O)OC(C)C(=O)Nc3ccccc3C(F)(F)F)o2)cc1. The predicted molar refractivity (Wildman–Crippen MR) is 108 cm³/mol. The minimum atomic E-state index is -4.63. The molecule has 10 heteroatoms. The summed E-state index contributed by atoms with van der Waals surface area (Å²) >= 11 is 0. The molecule has 32 heavy (non-hydrogen) atoms. The molecule has 3 rings (SSSR count). The largest absolute Gasteiger partial charge is 0.453 e. The summed E-state index contributed by atoms with van der Waals surface area (Å²) in [4.78, 5) is 24.2. The van der Waals surface area contributed by atoms with Crippen LogP contribution in [0.3, 0.4) is 0 Å². The molecule has 2 aromatic carbocycles. The Morgan fingerprint density at radius 3 is 2.47 bits per heavy atom. The van der Waals surface area contributed by atoms with Crippen molar-refractivity contribution >= 4 is 17.6 Å². The number of alkyl halides is 3. The molecule has 1 unspecified atom stereocenters. The average Bonchev–Trinajstić information content (AvgIpc) is 3.21. The minimum absolute atomic E-state index is 0.0863. The van der Waals surface area contributed by atoms with Crippen LogP contribution in [0.5, 0.6) is 0 Å². The molecule has 0 radical (unpaired) electrons. The van der Waals surface area contributed by atoms with E-state index in [4.69, 9.17) is 9.15 Å². The van der Waals surface area contributed by atoms with Crippen LogP contribution in [0.4, 0.5) is 18.9 Å². The average molecular weight is 447 g/mol. The highest BCUT2D eigenvalue weighted by atomic mass is 19.4. The molecule has 1 atom stereocenters. The van der Waals surface area contributed by atoms with Crippen LogP contribution in [-0.2, 0) is 26.9 Å². The van der Waals surface area contributed by atoms with Gasteiger partial charge in [0.2, 0.25) is 11.8 Å². The molecule has 7 nitrogen and oxygen atoms in total. The summed E-state index contributed by atoms with van der Waals surface area (Å²) in [6.45, 7) is 3.22. The van der Waals surface area contributed by atoms with E-state index in [0.29, 0.717) is 5.89 Å². The van der Waals surface area contributed by atoms with Gasteiger partial charge in [-0.15, -0.1) is 10.2 Å². The van der Waals surface area contributed by atoms with E-state index >= 15 is 0 Å². The van der Waals surface area contributed by atoms with E-state index in [1.165, 1.54) is 19.1 Å². The molecule has 0 fully saturated rings. The number of benzene rings is 2. The van der Waals surface area contributed by atoms with Gasteiger partial charge in [-0.2, -0.15) is 13.2 Å². The number of esters is 1. The Morgan fingerprint density at radius 1 is 1.09 bits per heavy atom. The topological polar surface area (TPSA) is 94.3 Å². The highest BCUT2D eigenvalue weighted by Gasteiger charge is 2.34. The van der Waals surface area contributed by atoms with Crippen molar-refractivity contribution in [2.75, 3.05) is 5.32 Å². The highest BCUT2D eigenvalue weighted by Crippen LogP contribution is 2.34. The molecule has 0 saturated heterocycles. The Balaban J connectivity index is 1.52. The lowest BCUT2D eigenvalue weighted by molar-refractivity contribution is -0.153. The second-order valence-electron chi connectivity index (χ2n) is 7.03. The number of anilines is 1. The molecule has 0 saturated carbocycles. The van der Waals surface area contributed by atoms with Crippen molar-refractivity contribution in [2.24, 2.45) is 0 Å². The molecule has 3 aromatic rings. The molecule has 1 N–H and O–H groups in total. The van der Waals surface area contributed by atoms with Crippen molar-refractivity contribution in [1.82, 2.24) is 10.2 Å². The van der Waals surface area contributed by atoms with Gasteiger partial charge in [0.1, 0.15) is 0 Å². The first kappa shape index (κ1) is 23.0. The van der Waals surface area contributed by atoms with Crippen molar-refractivity contribution in [3.63, 3.8) is 0 Å². The predicted octanol–water partition coefficient (Wildman–Crippen LogP) is 4.57. The van der Waals surface area contributed by atoms with Gasteiger partial charge in [-0.05, 0) is 38.1 Å². The Kier molecular flexibility index (Phi) is 6.92. The van der Waals surface area contributed by atoms with Crippen molar-refractivity contribution in [3.8, 4) is 11.5 Å². The van der Waals surface area contributed by atoms with Gasteiger partial charge in [0.15, 0.2) is 6.10 Å². The van der Waals surface area contributed by atoms with E-state index in [0.717, 1.165) is 23.3 Å². The van der Waals surface area contributed by atoms with Crippen molar-refractivity contribution in [1.29, 1.82) is 0 Å². The van der Waals surface area contributed by atoms with E-state index in [2.05, 4.69) is 15.5 Å². The standard InChI is InChI=1S/C22H20F3N3O4/c1-13-7-9-15(10-8-13)21-28-27-18(32-21)11-12-19(29)31-14(2)20(30)26-17-6-4-3-5-16(17)22(23,24)25/h3-10,14H,11-12H2,1-2H3,(H,26,30). The first-order chi connectivity index (χ1) is 15.1. The number of hydrogen-bond donors (Lipinski definition) is 1. The third-order valence-corrected chi connectivity index (χ3v) is 4.48. The fourth-order valence-electron chi connectivity index (χ4n) is 2.76. The number of carbonyl (C=O) groups is 2. The summed E-state index contributed by atoms with van der Waals surface area (Å²) in [7, 11) is 0. The van der Waals surface area contributed by atoms with Gasteiger partial charge in [-0.1, -0.05) is 29.8 Å². The van der Waals surface area contributed by atoms with Crippen LogP contribution in [0.15, 0.2) is 52.9 Å². The molecule has 1 heterocycles. The molecule has 0 bridgehead atoms. The molecular weight excluding hydrogens is 427 g/mol. The van der Waals surface area contributed by atoms with E-state index < -0.39 is 35.4 Å². The van der Waals surface area contributed by atoms with Crippen molar-refractivity contribution in [3.05, 3.63) is 65.5 Å². The number of halogens is 3. The summed E-state index contributed by atoms with van der Waals surface area (Å²) < 4.78 is 49.7. The third-order valence-electron chi connectivity index (χ3n) is 4.48. The summed E-state index contributed by atoms with van der Waals surface area (Å²) in [5.74, 6) is -1.08. The quantitative estimate of drug-likeness (QED) is 0.534. The second kappa shape index (κ2) is 9.63. The Morgan fingerprint density at radius 2 is 1.78 bits per heavy atom. The number of rotatable bonds is 7. The smallest absolute Gasteiger partial charge is 0.418 e. The van der Waals surface area contributed by atoms with Crippen molar-refractivity contribution < 1.29 is 31.9 Å². The maximum Gasteiger partial charge on any atom is 0.418 e. The monoisotopic (exact) mass is 447 g/mol. The number of ether oxygens (including phenoxy) is 1. The molecule has 1 amide bonds. The molecule has 0 spiro atoms. The van der Waals surface area contributed by atoms with Crippen LogP contribution in [0, 0.1) is 6.92 Å². The molecule has 0 aliphatic rings. The number of amides is 1. The summed E-state index contributed by atoms with van der Waals surface area (Å²) in [6.07, 6.45) is -5.99. The lowest BCUT2D eigenvalue weighted by Gasteiger charge is -2.16. The van der Waals surface area contributed by atoms with Gasteiger partial charge in [0.05, 0.1) is 17.7 Å². The van der Waals surface area contributed by atoms with Crippen LogP contribution >= 0.6 is 0 Å². The van der Waals surface area contributed by atoms with Gasteiger partial charge < -0.3 is 14.5 Å². The lowest BCUT2D eigenvalue weighted by atomic mass is 10.1. The normalized spacial score (nSPS) is 12.3. The van der Waals surface area contributed by atoms with Gasteiger partial charge >= 0.3 is 12.1 Å². The summed E-state index contributed by atoms with van der Waals surface area (Å²) in [5.41, 5.74) is 0.410. The summed E-state index contributed by atoms with van der Waals surface area (Å²) in [6, 6.07) is 12.0. The number of aromatic nitrogens is 2. The van der Waals surface area contributed by atoms with Crippen LogP contribution in [-0.4, -0.2) is 28.2 Å². The first-order valence-electron chi connectivity index (χ1n) is 9.69. The van der Waals surface area contributed by atoms with Gasteiger partial charge in [0, 0.05) is 12.0 Å². The zero-order valence-corrected chi connectivity index (χ0v) is 17.3. The minimum Gasteiger partial charge on any atom is -0.453 e. The zero-order chi connectivity index (χ0) is 23.3. The van der Waals surface area contributed by atoms with Crippen LogP contribution in [0.25, 0.3) is 11.5 Å². The van der Waals surface area contributed by atoms with E-state index in [-0.39, 0.29) is 18.7 Å². The number of carbonyl (C=O) groups excluding carboxylic acids is 2. The van der Waals surface area contributed by atoms with Crippen LogP contribution in [0.2, 0.25) is 0 Å². The van der Waals surface area contributed by atoms with Gasteiger partial charge in [-0.3, -0.25) is 9.59 Å². The maximum atomic E-state index is 13.0. The van der Waals surface area contributed by atoms with Gasteiger partial charge in [-0.25, -0.2) is 0 Å². The second-order valence-corrected chi connectivity index (χ2v) is 7.03. The number of nitrogens with one attached hydrogen (secondary N) is 1. The molecular formula is C22H20F3N3O4.